The molecular formula is C38H29N5O3S2. The minimum atomic E-state index is -0.422. The zero-order valence-electron chi connectivity index (χ0n) is 25.7. The number of aromatic nitrogens is 2. The zero-order valence-corrected chi connectivity index (χ0v) is 27.3. The van der Waals surface area contributed by atoms with Gasteiger partial charge in [-0.3, -0.25) is 14.9 Å². The number of rotatable bonds is 9. The number of anilines is 1. The second kappa shape index (κ2) is 14.1. The Hall–Kier alpha value is -5.45. The highest BCUT2D eigenvalue weighted by Crippen LogP contribution is 2.41. The van der Waals surface area contributed by atoms with Crippen LogP contribution in [0.4, 0.5) is 16.4 Å². The third-order valence-electron chi connectivity index (χ3n) is 7.98. The number of carbonyl (C=O) groups excluding carboxylic acids is 1. The van der Waals surface area contributed by atoms with Gasteiger partial charge < -0.3 is 5.32 Å². The van der Waals surface area contributed by atoms with Crippen LogP contribution in [0.25, 0.3) is 22.5 Å². The normalized spacial score (nSPS) is 12.5. The molecule has 0 aliphatic heterocycles. The fourth-order valence-electron chi connectivity index (χ4n) is 5.65. The molecule has 2 heterocycles. The number of carbonyl (C=O) groups is 1. The summed E-state index contributed by atoms with van der Waals surface area (Å²) in [6.07, 6.45) is 5.41. The summed E-state index contributed by atoms with van der Waals surface area (Å²) >= 11 is 2.83. The summed E-state index contributed by atoms with van der Waals surface area (Å²) < 4.78 is 0. The van der Waals surface area contributed by atoms with E-state index in [1.54, 1.807) is 12.3 Å². The summed E-state index contributed by atoms with van der Waals surface area (Å²) in [5, 5.41) is 15.9. The highest BCUT2D eigenvalue weighted by atomic mass is 32.2. The van der Waals surface area contributed by atoms with Crippen LogP contribution in [-0.4, -0.2) is 27.0 Å². The van der Waals surface area contributed by atoms with Crippen molar-refractivity contribution in [3.05, 3.63) is 147 Å². The van der Waals surface area contributed by atoms with E-state index in [0.29, 0.717) is 31.9 Å². The lowest BCUT2D eigenvalue weighted by Crippen LogP contribution is -2.14. The number of hydrogen-bond acceptors (Lipinski definition) is 8. The predicted octanol–water partition coefficient (Wildman–Crippen LogP) is 9.81. The Morgan fingerprint density at radius 2 is 1.46 bits per heavy atom. The maximum absolute atomic E-state index is 13.6. The van der Waals surface area contributed by atoms with Gasteiger partial charge in [0.15, 0.2) is 5.16 Å². The lowest BCUT2D eigenvalue weighted by atomic mass is 9.95. The Morgan fingerprint density at radius 3 is 2.10 bits per heavy atom. The summed E-state index contributed by atoms with van der Waals surface area (Å²) in [5.74, 6) is -0.207. The molecule has 0 radical (unpaired) electrons. The molecule has 7 rings (SSSR count). The van der Waals surface area contributed by atoms with E-state index in [2.05, 4.69) is 5.32 Å². The Bertz CT molecular complexity index is 2080. The summed E-state index contributed by atoms with van der Waals surface area (Å²) in [5.41, 5.74) is 6.23. The number of nitrogens with zero attached hydrogens (tertiary/aromatic N) is 4. The first-order valence-corrected chi connectivity index (χ1v) is 17.2. The molecule has 1 aliphatic rings. The van der Waals surface area contributed by atoms with Crippen molar-refractivity contribution in [3.63, 3.8) is 0 Å². The van der Waals surface area contributed by atoms with E-state index in [0.717, 1.165) is 53.8 Å². The molecule has 0 saturated heterocycles. The molecule has 0 unspecified atom stereocenters. The quantitative estimate of drug-likeness (QED) is 0.0711. The van der Waals surface area contributed by atoms with Gasteiger partial charge >= 0.3 is 0 Å². The van der Waals surface area contributed by atoms with E-state index in [1.165, 1.54) is 40.1 Å². The number of nitro groups is 1. The van der Waals surface area contributed by atoms with Gasteiger partial charge in [-0.15, -0.1) is 11.3 Å². The number of nitro benzene ring substituents is 1. The molecule has 0 saturated carbocycles. The van der Waals surface area contributed by atoms with Crippen LogP contribution >= 0.6 is 23.1 Å². The van der Waals surface area contributed by atoms with Gasteiger partial charge in [-0.25, -0.2) is 15.0 Å². The summed E-state index contributed by atoms with van der Waals surface area (Å²) in [4.78, 5) is 41.5. The lowest BCUT2D eigenvalue weighted by Gasteiger charge is -2.12. The number of amides is 1. The number of aliphatic imine (C=N–C) groups is 1. The topological polar surface area (TPSA) is 110 Å². The highest BCUT2D eigenvalue weighted by molar-refractivity contribution is 7.99. The molecule has 236 valence electrons. The first-order chi connectivity index (χ1) is 23.5. The fraction of sp³-hybridized carbons (Fsp3) is 0.105. The van der Waals surface area contributed by atoms with Crippen molar-refractivity contribution < 1.29 is 9.72 Å². The second-order valence-electron chi connectivity index (χ2n) is 11.2. The Morgan fingerprint density at radius 1 is 0.833 bits per heavy atom. The summed E-state index contributed by atoms with van der Waals surface area (Å²) in [7, 11) is 0. The number of hydrogen-bond donors (Lipinski definition) is 1. The van der Waals surface area contributed by atoms with Crippen molar-refractivity contribution in [3.8, 4) is 22.5 Å². The standard InChI is InChI=1S/C38H29N5O3S2/c44-36(40-28-16-8-3-9-17-28)35-30-18-10-11-19-34(30)47-37(35)39-24-27-22-29(43(45)46)20-21-33(27)48-38-41-31(25-12-4-1-5-13-25)23-32(42-38)26-14-6-2-7-15-26/h1-9,12-17,20-24H,10-11,18-19H2,(H,40,44). The van der Waals surface area contributed by atoms with E-state index in [1.807, 2.05) is 97.1 Å². The molecule has 8 nitrogen and oxygen atoms in total. The predicted molar refractivity (Wildman–Crippen MR) is 193 cm³/mol. The number of fused-ring (bicyclic) bond motifs is 1. The molecule has 0 fully saturated rings. The van der Waals surface area contributed by atoms with Gasteiger partial charge in [-0.05, 0) is 67.3 Å². The van der Waals surface area contributed by atoms with Gasteiger partial charge in [0.2, 0.25) is 0 Å². The lowest BCUT2D eigenvalue weighted by molar-refractivity contribution is -0.384. The van der Waals surface area contributed by atoms with E-state index in [4.69, 9.17) is 15.0 Å². The molecule has 0 atom stereocenters. The van der Waals surface area contributed by atoms with Crippen molar-refractivity contribution >= 4 is 51.6 Å². The van der Waals surface area contributed by atoms with Crippen LogP contribution in [0.2, 0.25) is 0 Å². The SMILES string of the molecule is O=C(Nc1ccccc1)c1c(N=Cc2cc([N+](=O)[O-])ccc2Sc2nc(-c3ccccc3)cc(-c3ccccc3)n2)sc2c1CCCC2. The van der Waals surface area contributed by atoms with E-state index in [-0.39, 0.29) is 11.6 Å². The summed E-state index contributed by atoms with van der Waals surface area (Å²) in [6.45, 7) is 0. The van der Waals surface area contributed by atoms with Crippen LogP contribution in [0.3, 0.4) is 0 Å². The van der Waals surface area contributed by atoms with Crippen molar-refractivity contribution in [1.29, 1.82) is 0 Å². The smallest absolute Gasteiger partial charge is 0.270 e. The number of thiophene rings is 1. The van der Waals surface area contributed by atoms with Crippen molar-refractivity contribution in [2.45, 2.75) is 35.7 Å². The Balaban J connectivity index is 1.28. The minimum absolute atomic E-state index is 0.0581. The number of nitrogens with one attached hydrogen (secondary N) is 1. The monoisotopic (exact) mass is 667 g/mol. The van der Waals surface area contributed by atoms with Crippen LogP contribution in [0.15, 0.2) is 130 Å². The van der Waals surface area contributed by atoms with Gasteiger partial charge in [-0.1, -0.05) is 78.9 Å². The molecule has 10 heteroatoms. The van der Waals surface area contributed by atoms with Crippen LogP contribution in [0.1, 0.15) is 39.2 Å². The van der Waals surface area contributed by atoms with Gasteiger partial charge in [-0.2, -0.15) is 0 Å². The molecule has 2 aromatic heterocycles. The molecule has 6 aromatic rings. The Labute approximate surface area is 285 Å². The van der Waals surface area contributed by atoms with Crippen LogP contribution in [0.5, 0.6) is 0 Å². The summed E-state index contributed by atoms with van der Waals surface area (Å²) in [6, 6.07) is 35.8. The van der Waals surface area contributed by atoms with Crippen LogP contribution in [0, 0.1) is 10.1 Å². The first kappa shape index (κ1) is 31.2. The molecule has 1 N–H and O–H groups in total. The third-order valence-corrected chi connectivity index (χ3v) is 10.1. The maximum Gasteiger partial charge on any atom is 0.270 e. The number of aryl methyl sites for hydroxylation is 1. The molecular weight excluding hydrogens is 639 g/mol. The molecule has 4 aromatic carbocycles. The number of benzene rings is 4. The Kier molecular flexibility index (Phi) is 9.17. The van der Waals surface area contributed by atoms with E-state index < -0.39 is 4.92 Å². The molecule has 0 bridgehead atoms. The first-order valence-electron chi connectivity index (χ1n) is 15.5. The highest BCUT2D eigenvalue weighted by Gasteiger charge is 2.25. The van der Waals surface area contributed by atoms with Gasteiger partial charge in [0.25, 0.3) is 11.6 Å². The minimum Gasteiger partial charge on any atom is -0.322 e. The average molecular weight is 668 g/mol. The molecule has 1 aliphatic carbocycles. The number of non-ortho nitro benzene ring substituents is 1. The maximum atomic E-state index is 13.6. The average Bonchev–Trinajstić information content (AvgIpc) is 3.51. The largest absolute Gasteiger partial charge is 0.322 e. The molecule has 1 amide bonds. The van der Waals surface area contributed by atoms with Crippen LogP contribution < -0.4 is 5.32 Å². The van der Waals surface area contributed by atoms with E-state index >= 15 is 0 Å². The second-order valence-corrected chi connectivity index (χ2v) is 13.3. The van der Waals surface area contributed by atoms with Crippen molar-refractivity contribution in [2.24, 2.45) is 4.99 Å². The van der Waals surface area contributed by atoms with Gasteiger partial charge in [0.05, 0.1) is 21.9 Å². The van der Waals surface area contributed by atoms with Crippen LogP contribution in [-0.2, 0) is 12.8 Å². The van der Waals surface area contributed by atoms with Gasteiger partial charge in [0.1, 0.15) is 5.00 Å². The van der Waals surface area contributed by atoms with Crippen molar-refractivity contribution in [1.82, 2.24) is 9.97 Å². The number of para-hydroxylation sites is 1. The van der Waals surface area contributed by atoms with Crippen molar-refractivity contribution in [2.75, 3.05) is 5.32 Å². The molecule has 48 heavy (non-hydrogen) atoms. The third kappa shape index (κ3) is 6.95. The molecule has 0 spiro atoms. The fourth-order valence-corrected chi connectivity index (χ4v) is 7.73. The van der Waals surface area contributed by atoms with E-state index in [9.17, 15) is 14.9 Å². The zero-order chi connectivity index (χ0) is 32.9. The van der Waals surface area contributed by atoms with Gasteiger partial charge in [0, 0.05) is 50.5 Å².